The van der Waals surface area contributed by atoms with Crippen LogP contribution >= 0.6 is 11.6 Å². The molecule has 0 aliphatic rings. The van der Waals surface area contributed by atoms with E-state index >= 15 is 0 Å². The largest absolute Gasteiger partial charge is 0.377 e. The summed E-state index contributed by atoms with van der Waals surface area (Å²) >= 11 is 6.21. The predicted molar refractivity (Wildman–Crippen MR) is 84.2 cm³/mol. The van der Waals surface area contributed by atoms with Crippen molar-refractivity contribution in [2.24, 2.45) is 0 Å². The van der Waals surface area contributed by atoms with E-state index in [-0.39, 0.29) is 6.04 Å². The van der Waals surface area contributed by atoms with Crippen molar-refractivity contribution >= 4 is 23.0 Å². The van der Waals surface area contributed by atoms with E-state index in [0.717, 1.165) is 17.4 Å². The SMILES string of the molecule is CC(Nc1cccc(Cl)c1N(C)C)c1ccc(F)c(F)c1. The average molecular weight is 311 g/mol. The minimum atomic E-state index is -0.847. The maximum Gasteiger partial charge on any atom is 0.159 e. The second-order valence-electron chi connectivity index (χ2n) is 5.07. The van der Waals surface area contributed by atoms with E-state index in [9.17, 15) is 8.78 Å². The molecule has 0 spiro atoms. The van der Waals surface area contributed by atoms with Crippen LogP contribution in [0.4, 0.5) is 20.2 Å². The lowest BCUT2D eigenvalue weighted by Gasteiger charge is -2.23. The maximum atomic E-state index is 13.3. The van der Waals surface area contributed by atoms with Gasteiger partial charge in [0.25, 0.3) is 0 Å². The Balaban J connectivity index is 2.29. The van der Waals surface area contributed by atoms with Gasteiger partial charge >= 0.3 is 0 Å². The Kier molecular flexibility index (Phi) is 4.68. The van der Waals surface area contributed by atoms with Gasteiger partial charge in [0.1, 0.15) is 0 Å². The van der Waals surface area contributed by atoms with Crippen molar-refractivity contribution in [3.8, 4) is 0 Å². The standard InChI is InChI=1S/C16H17ClF2N2/c1-10(11-7-8-13(18)14(19)9-11)20-15-6-4-5-12(17)16(15)21(2)3/h4-10,20H,1-3H3. The Morgan fingerprint density at radius 2 is 1.81 bits per heavy atom. The van der Waals surface area contributed by atoms with Gasteiger partial charge in [0.15, 0.2) is 11.6 Å². The van der Waals surface area contributed by atoms with Crippen LogP contribution in [0.15, 0.2) is 36.4 Å². The molecule has 2 aromatic rings. The van der Waals surface area contributed by atoms with E-state index in [2.05, 4.69) is 5.32 Å². The number of hydrogen-bond acceptors (Lipinski definition) is 2. The topological polar surface area (TPSA) is 15.3 Å². The number of benzene rings is 2. The molecule has 1 atom stereocenters. The number of halogens is 3. The molecule has 1 N–H and O–H groups in total. The number of rotatable bonds is 4. The molecule has 0 saturated heterocycles. The fourth-order valence-corrected chi connectivity index (χ4v) is 2.53. The third kappa shape index (κ3) is 3.45. The Morgan fingerprint density at radius 3 is 2.43 bits per heavy atom. The Morgan fingerprint density at radius 1 is 1.10 bits per heavy atom. The summed E-state index contributed by atoms with van der Waals surface area (Å²) in [6.07, 6.45) is 0. The highest BCUT2D eigenvalue weighted by Crippen LogP contribution is 2.34. The predicted octanol–water partition coefficient (Wildman–Crippen LogP) is 4.86. The van der Waals surface area contributed by atoms with Gasteiger partial charge in [-0.05, 0) is 36.8 Å². The van der Waals surface area contributed by atoms with Crippen LogP contribution in [0, 0.1) is 11.6 Å². The van der Waals surface area contributed by atoms with Crippen LogP contribution < -0.4 is 10.2 Å². The summed E-state index contributed by atoms with van der Waals surface area (Å²) in [5.74, 6) is -1.69. The highest BCUT2D eigenvalue weighted by atomic mass is 35.5. The molecule has 2 aromatic carbocycles. The molecule has 2 nitrogen and oxygen atoms in total. The Hall–Kier alpha value is -1.81. The van der Waals surface area contributed by atoms with Crippen LogP contribution in [0.2, 0.25) is 5.02 Å². The van der Waals surface area contributed by atoms with E-state index in [1.165, 1.54) is 6.07 Å². The Bertz CT molecular complexity index is 644. The van der Waals surface area contributed by atoms with E-state index in [1.54, 1.807) is 6.07 Å². The van der Waals surface area contributed by atoms with Crippen molar-refractivity contribution in [3.63, 3.8) is 0 Å². The van der Waals surface area contributed by atoms with Crippen LogP contribution in [0.3, 0.4) is 0 Å². The molecule has 0 fully saturated rings. The first-order valence-electron chi connectivity index (χ1n) is 6.57. The van der Waals surface area contributed by atoms with Crippen molar-refractivity contribution in [1.29, 1.82) is 0 Å². The number of anilines is 2. The smallest absolute Gasteiger partial charge is 0.159 e. The summed E-state index contributed by atoms with van der Waals surface area (Å²) in [5.41, 5.74) is 2.36. The molecule has 0 aliphatic carbocycles. The van der Waals surface area contributed by atoms with E-state index < -0.39 is 11.6 Å². The molecule has 0 radical (unpaired) electrons. The first kappa shape index (κ1) is 15.6. The van der Waals surface area contributed by atoms with Crippen molar-refractivity contribution in [2.75, 3.05) is 24.3 Å². The van der Waals surface area contributed by atoms with Crippen molar-refractivity contribution in [3.05, 3.63) is 58.6 Å². The van der Waals surface area contributed by atoms with Gasteiger partial charge in [-0.25, -0.2) is 8.78 Å². The molecule has 0 aliphatic heterocycles. The second-order valence-corrected chi connectivity index (χ2v) is 5.48. The van der Waals surface area contributed by atoms with Gasteiger partial charge in [-0.3, -0.25) is 0 Å². The quantitative estimate of drug-likeness (QED) is 0.867. The van der Waals surface area contributed by atoms with Crippen LogP contribution in [-0.2, 0) is 0 Å². The minimum Gasteiger partial charge on any atom is -0.377 e. The first-order chi connectivity index (χ1) is 9.90. The summed E-state index contributed by atoms with van der Waals surface area (Å²) in [6, 6.07) is 9.27. The van der Waals surface area contributed by atoms with Gasteiger partial charge in [-0.1, -0.05) is 23.7 Å². The fraction of sp³-hybridized carbons (Fsp3) is 0.250. The van der Waals surface area contributed by atoms with Crippen molar-refractivity contribution < 1.29 is 8.78 Å². The number of nitrogens with zero attached hydrogens (tertiary/aromatic N) is 1. The Labute approximate surface area is 128 Å². The normalized spacial score (nSPS) is 12.1. The van der Waals surface area contributed by atoms with Crippen molar-refractivity contribution in [2.45, 2.75) is 13.0 Å². The zero-order chi connectivity index (χ0) is 15.6. The highest BCUT2D eigenvalue weighted by molar-refractivity contribution is 6.34. The molecule has 112 valence electrons. The lowest BCUT2D eigenvalue weighted by molar-refractivity contribution is 0.506. The number of hydrogen-bond donors (Lipinski definition) is 1. The van der Waals surface area contributed by atoms with Gasteiger partial charge in [0.05, 0.1) is 16.4 Å². The third-order valence-corrected chi connectivity index (χ3v) is 3.55. The van der Waals surface area contributed by atoms with Gasteiger partial charge in [0.2, 0.25) is 0 Å². The lowest BCUT2D eigenvalue weighted by Crippen LogP contribution is -2.14. The minimum absolute atomic E-state index is 0.183. The van der Waals surface area contributed by atoms with Gasteiger partial charge in [-0.2, -0.15) is 0 Å². The summed E-state index contributed by atoms with van der Waals surface area (Å²) in [7, 11) is 3.79. The molecule has 0 bridgehead atoms. The van der Waals surface area contributed by atoms with Gasteiger partial charge in [-0.15, -0.1) is 0 Å². The van der Waals surface area contributed by atoms with E-state index in [0.29, 0.717) is 10.6 Å². The molecular weight excluding hydrogens is 294 g/mol. The van der Waals surface area contributed by atoms with Gasteiger partial charge < -0.3 is 10.2 Å². The monoisotopic (exact) mass is 310 g/mol. The summed E-state index contributed by atoms with van der Waals surface area (Å²) < 4.78 is 26.3. The molecule has 0 amide bonds. The van der Waals surface area contributed by atoms with Gasteiger partial charge in [0, 0.05) is 20.1 Å². The third-order valence-electron chi connectivity index (χ3n) is 3.25. The van der Waals surface area contributed by atoms with Crippen LogP contribution in [0.25, 0.3) is 0 Å². The molecule has 0 heterocycles. The molecule has 1 unspecified atom stereocenters. The van der Waals surface area contributed by atoms with Crippen LogP contribution in [0.1, 0.15) is 18.5 Å². The fourth-order valence-electron chi connectivity index (χ4n) is 2.18. The zero-order valence-corrected chi connectivity index (χ0v) is 12.9. The molecule has 2 rings (SSSR count). The van der Waals surface area contributed by atoms with Crippen molar-refractivity contribution in [1.82, 2.24) is 0 Å². The van der Waals surface area contributed by atoms with Crippen LogP contribution in [0.5, 0.6) is 0 Å². The highest BCUT2D eigenvalue weighted by Gasteiger charge is 2.13. The van der Waals surface area contributed by atoms with Crippen LogP contribution in [-0.4, -0.2) is 14.1 Å². The number of nitrogens with one attached hydrogen (secondary N) is 1. The number of para-hydroxylation sites is 1. The second kappa shape index (κ2) is 6.31. The lowest BCUT2D eigenvalue weighted by atomic mass is 10.1. The average Bonchev–Trinajstić information content (AvgIpc) is 2.41. The first-order valence-corrected chi connectivity index (χ1v) is 6.95. The molecular formula is C16H17ClF2N2. The molecule has 21 heavy (non-hydrogen) atoms. The molecule has 5 heteroatoms. The molecule has 0 saturated carbocycles. The van der Waals surface area contributed by atoms with E-state index in [1.807, 2.05) is 44.1 Å². The van der Waals surface area contributed by atoms with E-state index in [4.69, 9.17) is 11.6 Å². The summed E-state index contributed by atoms with van der Waals surface area (Å²) in [6.45, 7) is 1.88. The summed E-state index contributed by atoms with van der Waals surface area (Å²) in [5, 5.41) is 3.91. The maximum absolute atomic E-state index is 13.3. The summed E-state index contributed by atoms with van der Waals surface area (Å²) in [4.78, 5) is 1.91. The zero-order valence-electron chi connectivity index (χ0n) is 12.1. The molecule has 0 aromatic heterocycles.